The Hall–Kier alpha value is -0.350. The van der Waals surface area contributed by atoms with Crippen LogP contribution in [-0.4, -0.2) is 6.04 Å². The summed E-state index contributed by atoms with van der Waals surface area (Å²) in [6, 6.07) is 9.47. The van der Waals surface area contributed by atoms with E-state index in [4.69, 9.17) is 11.6 Å². The van der Waals surface area contributed by atoms with E-state index in [1.807, 2.05) is 17.4 Å². The van der Waals surface area contributed by atoms with E-state index in [2.05, 4.69) is 35.8 Å². The third-order valence-corrected chi connectivity index (χ3v) is 6.28. The first-order valence-corrected chi connectivity index (χ1v) is 9.34. The van der Waals surface area contributed by atoms with Crippen LogP contribution in [0.15, 0.2) is 29.6 Å². The van der Waals surface area contributed by atoms with E-state index in [1.54, 1.807) is 11.3 Å². The highest BCUT2D eigenvalue weighted by Crippen LogP contribution is 2.35. The first-order chi connectivity index (χ1) is 9.72. The lowest BCUT2D eigenvalue weighted by Crippen LogP contribution is -2.36. The highest BCUT2D eigenvalue weighted by molar-refractivity contribution is 7.16. The molecule has 1 N–H and O–H groups in total. The largest absolute Gasteiger partial charge is 0.302 e. The molecule has 108 valence electrons. The molecule has 3 atom stereocenters. The highest BCUT2D eigenvalue weighted by atomic mass is 35.5. The summed E-state index contributed by atoms with van der Waals surface area (Å²) >= 11 is 9.64. The Morgan fingerprint density at radius 2 is 2.15 bits per heavy atom. The lowest BCUT2D eigenvalue weighted by atomic mass is 9.86. The van der Waals surface area contributed by atoms with Crippen LogP contribution in [0.4, 0.5) is 0 Å². The van der Waals surface area contributed by atoms with E-state index in [-0.39, 0.29) is 0 Å². The monoisotopic (exact) mass is 325 g/mol. The summed E-state index contributed by atoms with van der Waals surface area (Å²) in [6.45, 7) is 2.37. The van der Waals surface area contributed by atoms with Gasteiger partial charge < -0.3 is 5.32 Å². The zero-order chi connectivity index (χ0) is 13.9. The van der Waals surface area contributed by atoms with Gasteiger partial charge in [-0.3, -0.25) is 0 Å². The number of halogens is 1. The van der Waals surface area contributed by atoms with E-state index < -0.39 is 0 Å². The zero-order valence-corrected chi connectivity index (χ0v) is 14.0. The van der Waals surface area contributed by atoms with Gasteiger partial charge in [0, 0.05) is 15.8 Å². The van der Waals surface area contributed by atoms with Gasteiger partial charge in [-0.15, -0.1) is 22.7 Å². The third kappa shape index (κ3) is 3.45. The fourth-order valence-electron chi connectivity index (χ4n) is 3.06. The van der Waals surface area contributed by atoms with Crippen LogP contribution in [0.3, 0.4) is 0 Å². The summed E-state index contributed by atoms with van der Waals surface area (Å²) in [7, 11) is 0. The van der Waals surface area contributed by atoms with E-state index in [9.17, 15) is 0 Å². The lowest BCUT2D eigenvalue weighted by Gasteiger charge is -2.31. The maximum absolute atomic E-state index is 6.13. The molecule has 3 unspecified atom stereocenters. The van der Waals surface area contributed by atoms with Crippen molar-refractivity contribution in [3.63, 3.8) is 0 Å². The molecule has 1 aliphatic rings. The van der Waals surface area contributed by atoms with E-state index >= 15 is 0 Å². The second kappa shape index (κ2) is 6.61. The summed E-state index contributed by atoms with van der Waals surface area (Å²) in [5, 5.41) is 6.04. The SMILES string of the molecule is CC1CCCC(NC(c2cccs2)c2ccc(Cl)s2)C1. The van der Waals surface area contributed by atoms with Crippen LogP contribution < -0.4 is 5.32 Å². The molecular weight excluding hydrogens is 306 g/mol. The molecule has 0 radical (unpaired) electrons. The molecule has 2 aromatic rings. The predicted octanol–water partition coefficient (Wildman–Crippen LogP) is 5.72. The van der Waals surface area contributed by atoms with Gasteiger partial charge in [0.05, 0.1) is 10.4 Å². The molecule has 1 fully saturated rings. The van der Waals surface area contributed by atoms with Gasteiger partial charge in [-0.25, -0.2) is 0 Å². The predicted molar refractivity (Wildman–Crippen MR) is 90.0 cm³/mol. The number of hydrogen-bond donors (Lipinski definition) is 1. The molecule has 0 aliphatic heterocycles. The molecule has 1 aliphatic carbocycles. The summed E-state index contributed by atoms with van der Waals surface area (Å²) < 4.78 is 0.875. The Morgan fingerprint density at radius 3 is 2.80 bits per heavy atom. The van der Waals surface area contributed by atoms with Crippen molar-refractivity contribution >= 4 is 34.3 Å². The molecule has 0 bridgehead atoms. The van der Waals surface area contributed by atoms with Gasteiger partial charge in [0.15, 0.2) is 0 Å². The average Bonchev–Trinajstić information content (AvgIpc) is 3.07. The number of hydrogen-bond acceptors (Lipinski definition) is 3. The second-order valence-electron chi connectivity index (χ2n) is 5.73. The minimum atomic E-state index is 0.308. The van der Waals surface area contributed by atoms with Crippen LogP contribution in [0, 0.1) is 5.92 Å². The van der Waals surface area contributed by atoms with E-state index in [0.29, 0.717) is 12.1 Å². The maximum Gasteiger partial charge on any atom is 0.0931 e. The lowest BCUT2D eigenvalue weighted by molar-refractivity contribution is 0.291. The first kappa shape index (κ1) is 14.6. The van der Waals surface area contributed by atoms with Gasteiger partial charge in [-0.2, -0.15) is 0 Å². The van der Waals surface area contributed by atoms with Crippen molar-refractivity contribution < 1.29 is 0 Å². The maximum atomic E-state index is 6.13. The first-order valence-electron chi connectivity index (χ1n) is 7.27. The average molecular weight is 326 g/mol. The molecule has 3 rings (SSSR count). The fraction of sp³-hybridized carbons (Fsp3) is 0.500. The molecule has 2 heterocycles. The fourth-order valence-corrected chi connectivity index (χ4v) is 5.08. The minimum absolute atomic E-state index is 0.308. The van der Waals surface area contributed by atoms with Gasteiger partial charge >= 0.3 is 0 Å². The quantitative estimate of drug-likeness (QED) is 0.758. The van der Waals surface area contributed by atoms with Crippen molar-refractivity contribution in [1.82, 2.24) is 5.32 Å². The zero-order valence-electron chi connectivity index (χ0n) is 11.6. The topological polar surface area (TPSA) is 12.0 Å². The number of thiophene rings is 2. The highest BCUT2D eigenvalue weighted by Gasteiger charge is 2.24. The van der Waals surface area contributed by atoms with Crippen LogP contribution in [0.25, 0.3) is 0 Å². The Balaban J connectivity index is 1.79. The number of rotatable bonds is 4. The molecule has 0 amide bonds. The number of nitrogens with one attached hydrogen (secondary N) is 1. The van der Waals surface area contributed by atoms with Gasteiger partial charge in [0.25, 0.3) is 0 Å². The van der Waals surface area contributed by atoms with Gasteiger partial charge in [-0.05, 0) is 42.3 Å². The van der Waals surface area contributed by atoms with Crippen molar-refractivity contribution in [2.75, 3.05) is 0 Å². The van der Waals surface area contributed by atoms with E-state index in [0.717, 1.165) is 10.3 Å². The second-order valence-corrected chi connectivity index (χ2v) is 8.45. The molecule has 4 heteroatoms. The van der Waals surface area contributed by atoms with Gasteiger partial charge in [0.2, 0.25) is 0 Å². The van der Waals surface area contributed by atoms with Crippen LogP contribution in [0.1, 0.15) is 48.4 Å². The van der Waals surface area contributed by atoms with Crippen molar-refractivity contribution in [2.24, 2.45) is 5.92 Å². The summed E-state index contributed by atoms with van der Waals surface area (Å²) in [6.07, 6.45) is 5.32. The van der Waals surface area contributed by atoms with Crippen molar-refractivity contribution in [1.29, 1.82) is 0 Å². The third-order valence-electron chi connectivity index (χ3n) is 4.04. The Labute approximate surface area is 134 Å². The Morgan fingerprint density at radius 1 is 1.25 bits per heavy atom. The Kier molecular flexibility index (Phi) is 4.82. The summed E-state index contributed by atoms with van der Waals surface area (Å²) in [5.74, 6) is 0.845. The molecule has 0 aromatic carbocycles. The molecule has 1 nitrogen and oxygen atoms in total. The van der Waals surface area contributed by atoms with Crippen molar-refractivity contribution in [2.45, 2.75) is 44.7 Å². The molecule has 0 saturated heterocycles. The van der Waals surface area contributed by atoms with Crippen molar-refractivity contribution in [3.05, 3.63) is 43.7 Å². The molecular formula is C16H20ClNS2. The molecule has 1 saturated carbocycles. The summed E-state index contributed by atoms with van der Waals surface area (Å²) in [5.41, 5.74) is 0. The van der Waals surface area contributed by atoms with Crippen LogP contribution in [0.2, 0.25) is 4.34 Å². The molecule has 2 aromatic heterocycles. The van der Waals surface area contributed by atoms with Crippen LogP contribution in [-0.2, 0) is 0 Å². The molecule has 20 heavy (non-hydrogen) atoms. The normalized spacial score (nSPS) is 24.7. The van der Waals surface area contributed by atoms with Crippen LogP contribution in [0.5, 0.6) is 0 Å². The van der Waals surface area contributed by atoms with E-state index in [1.165, 1.54) is 35.4 Å². The van der Waals surface area contributed by atoms with Gasteiger partial charge in [0.1, 0.15) is 0 Å². The van der Waals surface area contributed by atoms with Crippen molar-refractivity contribution in [3.8, 4) is 0 Å². The standard InChI is InChI=1S/C16H20ClNS2/c1-11-4-2-5-12(10-11)18-16(13-6-3-9-19-13)14-7-8-15(17)20-14/h3,6-9,11-12,16,18H,2,4-5,10H2,1H3. The minimum Gasteiger partial charge on any atom is -0.302 e. The smallest absolute Gasteiger partial charge is 0.0931 e. The Bertz CT molecular complexity index is 534. The van der Waals surface area contributed by atoms with Crippen LogP contribution >= 0.6 is 34.3 Å². The molecule has 0 spiro atoms. The summed E-state index contributed by atoms with van der Waals surface area (Å²) in [4.78, 5) is 2.72. The van der Waals surface area contributed by atoms with Gasteiger partial charge in [-0.1, -0.05) is 37.4 Å².